The monoisotopic (exact) mass is 264 g/mol. The number of aryl methyl sites for hydroxylation is 1. The molecular formula is C17H16N2O. The maximum absolute atomic E-state index is 12.2. The van der Waals surface area contributed by atoms with Crippen LogP contribution in [0, 0.1) is 18.8 Å². The van der Waals surface area contributed by atoms with Gasteiger partial charge in [-0.2, -0.15) is 0 Å². The smallest absolute Gasteiger partial charge is 0.255 e. The Morgan fingerprint density at radius 3 is 2.75 bits per heavy atom. The highest BCUT2D eigenvalue weighted by Gasteiger charge is 2.08. The summed E-state index contributed by atoms with van der Waals surface area (Å²) in [4.78, 5) is 12.2. The number of carbonyl (C=O) groups is 1. The average molecular weight is 264 g/mol. The van der Waals surface area contributed by atoms with Crippen LogP contribution in [-0.4, -0.2) is 12.5 Å². The molecule has 0 fully saturated rings. The molecule has 0 heterocycles. The highest BCUT2D eigenvalue weighted by molar-refractivity contribution is 6.05. The molecule has 0 aromatic heterocycles. The van der Waals surface area contributed by atoms with Crippen molar-refractivity contribution in [3.63, 3.8) is 0 Å². The van der Waals surface area contributed by atoms with Gasteiger partial charge in [0.15, 0.2) is 0 Å². The predicted octanol–water partition coefficient (Wildman–Crippen LogP) is 2.56. The lowest BCUT2D eigenvalue weighted by Gasteiger charge is -2.07. The van der Waals surface area contributed by atoms with E-state index in [1.165, 1.54) is 0 Å². The Balaban J connectivity index is 2.18. The average Bonchev–Trinajstić information content (AvgIpc) is 2.46. The zero-order chi connectivity index (χ0) is 14.4. The molecule has 2 aromatic carbocycles. The second kappa shape index (κ2) is 6.55. The minimum atomic E-state index is -0.118. The van der Waals surface area contributed by atoms with Crippen molar-refractivity contribution in [2.24, 2.45) is 5.73 Å². The second-order valence-corrected chi connectivity index (χ2v) is 4.36. The van der Waals surface area contributed by atoms with Gasteiger partial charge in [0, 0.05) is 16.8 Å². The van der Waals surface area contributed by atoms with Gasteiger partial charge < -0.3 is 11.1 Å². The Morgan fingerprint density at radius 1 is 1.20 bits per heavy atom. The summed E-state index contributed by atoms with van der Waals surface area (Å²) in [6.07, 6.45) is 0. The molecule has 2 rings (SSSR count). The van der Waals surface area contributed by atoms with E-state index in [0.717, 1.165) is 16.8 Å². The number of amides is 1. The van der Waals surface area contributed by atoms with Crippen LogP contribution in [0.25, 0.3) is 0 Å². The first kappa shape index (κ1) is 13.9. The van der Waals surface area contributed by atoms with Gasteiger partial charge in [-0.25, -0.2) is 0 Å². The Labute approximate surface area is 118 Å². The minimum absolute atomic E-state index is 0.118. The molecule has 0 bridgehead atoms. The summed E-state index contributed by atoms with van der Waals surface area (Å²) < 4.78 is 0. The van der Waals surface area contributed by atoms with Crippen LogP contribution < -0.4 is 11.1 Å². The molecule has 0 radical (unpaired) electrons. The highest BCUT2D eigenvalue weighted by Crippen LogP contribution is 2.13. The van der Waals surface area contributed by atoms with Crippen LogP contribution in [0.1, 0.15) is 21.5 Å². The lowest BCUT2D eigenvalue weighted by molar-refractivity contribution is 0.102. The molecule has 20 heavy (non-hydrogen) atoms. The molecule has 1 amide bonds. The van der Waals surface area contributed by atoms with E-state index in [4.69, 9.17) is 5.73 Å². The van der Waals surface area contributed by atoms with Crippen LogP contribution in [0.15, 0.2) is 48.5 Å². The summed E-state index contributed by atoms with van der Waals surface area (Å²) in [6, 6.07) is 14.9. The molecule has 3 nitrogen and oxygen atoms in total. The van der Waals surface area contributed by atoms with E-state index in [2.05, 4.69) is 17.2 Å². The summed E-state index contributed by atoms with van der Waals surface area (Å²) in [6.45, 7) is 2.23. The largest absolute Gasteiger partial charge is 0.322 e. The highest BCUT2D eigenvalue weighted by atomic mass is 16.1. The fourth-order valence-electron chi connectivity index (χ4n) is 1.85. The van der Waals surface area contributed by atoms with E-state index in [9.17, 15) is 4.79 Å². The van der Waals surface area contributed by atoms with Gasteiger partial charge in [0.1, 0.15) is 0 Å². The van der Waals surface area contributed by atoms with Crippen molar-refractivity contribution in [1.29, 1.82) is 0 Å². The molecule has 0 unspecified atom stereocenters. The van der Waals surface area contributed by atoms with Crippen molar-refractivity contribution < 1.29 is 4.79 Å². The lowest BCUT2D eigenvalue weighted by atomic mass is 10.1. The lowest BCUT2D eigenvalue weighted by Crippen LogP contribution is -2.13. The summed E-state index contributed by atoms with van der Waals surface area (Å²) in [5.41, 5.74) is 8.52. The van der Waals surface area contributed by atoms with Gasteiger partial charge in [0.25, 0.3) is 5.91 Å². The van der Waals surface area contributed by atoms with Crippen molar-refractivity contribution in [2.75, 3.05) is 11.9 Å². The van der Waals surface area contributed by atoms with Gasteiger partial charge in [-0.05, 0) is 36.8 Å². The number of benzene rings is 2. The van der Waals surface area contributed by atoms with Crippen LogP contribution in [0.2, 0.25) is 0 Å². The molecule has 0 aliphatic carbocycles. The molecule has 100 valence electrons. The first-order chi connectivity index (χ1) is 9.70. The number of anilines is 1. The second-order valence-electron chi connectivity index (χ2n) is 4.36. The molecule has 0 aliphatic heterocycles. The maximum Gasteiger partial charge on any atom is 0.255 e. The van der Waals surface area contributed by atoms with E-state index >= 15 is 0 Å². The minimum Gasteiger partial charge on any atom is -0.322 e. The molecule has 0 saturated carbocycles. The third-order valence-electron chi connectivity index (χ3n) is 2.84. The van der Waals surface area contributed by atoms with Gasteiger partial charge in [-0.15, -0.1) is 0 Å². The summed E-state index contributed by atoms with van der Waals surface area (Å²) in [7, 11) is 0. The zero-order valence-corrected chi connectivity index (χ0v) is 11.3. The van der Waals surface area contributed by atoms with E-state index < -0.39 is 0 Å². The van der Waals surface area contributed by atoms with Crippen LogP contribution in [0.5, 0.6) is 0 Å². The van der Waals surface area contributed by atoms with Gasteiger partial charge in [0.05, 0.1) is 6.54 Å². The normalized spacial score (nSPS) is 9.50. The number of nitrogens with two attached hydrogens (primary N) is 1. The van der Waals surface area contributed by atoms with Gasteiger partial charge in [-0.1, -0.05) is 36.1 Å². The van der Waals surface area contributed by atoms with E-state index in [-0.39, 0.29) is 5.91 Å². The number of hydrogen-bond acceptors (Lipinski definition) is 2. The Kier molecular flexibility index (Phi) is 4.54. The standard InChI is InChI=1S/C17H16N2O/c1-13-6-2-3-10-16(13)17(20)19-15-9-4-7-14(12-15)8-5-11-18/h2-4,6-7,9-10,12H,11,18H2,1H3,(H,19,20). The molecular weight excluding hydrogens is 248 g/mol. The van der Waals surface area contributed by atoms with Crippen molar-refractivity contribution in [2.45, 2.75) is 6.92 Å². The summed E-state index contributed by atoms with van der Waals surface area (Å²) >= 11 is 0. The van der Waals surface area contributed by atoms with Crippen LogP contribution in [-0.2, 0) is 0 Å². The van der Waals surface area contributed by atoms with Gasteiger partial charge in [-0.3, -0.25) is 4.79 Å². The number of rotatable bonds is 2. The van der Waals surface area contributed by atoms with Crippen molar-refractivity contribution in [3.05, 3.63) is 65.2 Å². The summed E-state index contributed by atoms with van der Waals surface area (Å²) in [5.74, 6) is 5.62. The molecule has 0 spiro atoms. The molecule has 0 atom stereocenters. The number of hydrogen-bond donors (Lipinski definition) is 2. The van der Waals surface area contributed by atoms with E-state index in [1.54, 1.807) is 0 Å². The molecule has 3 N–H and O–H groups in total. The number of nitrogens with one attached hydrogen (secondary N) is 1. The van der Waals surface area contributed by atoms with Crippen molar-refractivity contribution in [3.8, 4) is 11.8 Å². The topological polar surface area (TPSA) is 55.1 Å². The predicted molar refractivity (Wildman–Crippen MR) is 81.5 cm³/mol. The third kappa shape index (κ3) is 3.47. The Morgan fingerprint density at radius 2 is 2.00 bits per heavy atom. The Hall–Kier alpha value is -2.57. The van der Waals surface area contributed by atoms with Crippen LogP contribution in [0.4, 0.5) is 5.69 Å². The van der Waals surface area contributed by atoms with Crippen LogP contribution >= 0.6 is 0 Å². The fraction of sp³-hybridized carbons (Fsp3) is 0.118. The van der Waals surface area contributed by atoms with Crippen molar-refractivity contribution >= 4 is 11.6 Å². The first-order valence-corrected chi connectivity index (χ1v) is 6.36. The zero-order valence-electron chi connectivity index (χ0n) is 11.3. The van der Waals surface area contributed by atoms with E-state index in [0.29, 0.717) is 12.1 Å². The molecule has 2 aromatic rings. The quantitative estimate of drug-likeness (QED) is 0.819. The SMILES string of the molecule is Cc1ccccc1C(=O)Nc1cccc(C#CCN)c1. The third-order valence-corrected chi connectivity index (χ3v) is 2.84. The maximum atomic E-state index is 12.2. The van der Waals surface area contributed by atoms with Gasteiger partial charge >= 0.3 is 0 Å². The molecule has 3 heteroatoms. The summed E-state index contributed by atoms with van der Waals surface area (Å²) in [5, 5.41) is 2.88. The number of carbonyl (C=O) groups excluding carboxylic acids is 1. The molecule has 0 saturated heterocycles. The van der Waals surface area contributed by atoms with Crippen LogP contribution in [0.3, 0.4) is 0 Å². The molecule has 0 aliphatic rings. The van der Waals surface area contributed by atoms with Gasteiger partial charge in [0.2, 0.25) is 0 Å². The fourth-order valence-corrected chi connectivity index (χ4v) is 1.85. The first-order valence-electron chi connectivity index (χ1n) is 6.36. The van der Waals surface area contributed by atoms with Crippen molar-refractivity contribution in [1.82, 2.24) is 0 Å². The Bertz CT molecular complexity index is 681. The van der Waals surface area contributed by atoms with E-state index in [1.807, 2.05) is 55.5 Å².